The van der Waals surface area contributed by atoms with Crippen molar-refractivity contribution in [3.05, 3.63) is 0 Å². The summed E-state index contributed by atoms with van der Waals surface area (Å²) in [6.07, 6.45) is 0. The molecule has 0 aliphatic rings. The molecule has 0 fully saturated rings. The molecule has 0 aromatic heterocycles. The van der Waals surface area contributed by atoms with E-state index in [-0.39, 0.29) is 19.0 Å². The van der Waals surface area contributed by atoms with Crippen LogP contribution in [0.4, 0.5) is 0 Å². The van der Waals surface area contributed by atoms with Crippen LogP contribution < -0.4 is 5.32 Å². The molecule has 7 heteroatoms. The molecule has 0 aliphatic heterocycles. The Morgan fingerprint density at radius 3 is 2.22 bits per heavy atom. The SMILES string of the molecule is CCN(CC)C(=O)CN(C)C(=O)C(=O)NCC#N. The van der Waals surface area contributed by atoms with Crippen molar-refractivity contribution in [2.45, 2.75) is 13.8 Å². The fourth-order valence-electron chi connectivity index (χ4n) is 1.32. The Morgan fingerprint density at radius 1 is 1.22 bits per heavy atom. The van der Waals surface area contributed by atoms with Gasteiger partial charge in [0.1, 0.15) is 6.54 Å². The maximum Gasteiger partial charge on any atom is 0.312 e. The number of nitriles is 1. The molecule has 100 valence electrons. The second kappa shape index (κ2) is 8.06. The van der Waals surface area contributed by atoms with Crippen LogP contribution >= 0.6 is 0 Å². The molecular weight excluding hydrogens is 236 g/mol. The zero-order valence-electron chi connectivity index (χ0n) is 10.9. The smallest absolute Gasteiger partial charge is 0.312 e. The first-order valence-corrected chi connectivity index (χ1v) is 5.65. The number of carbonyl (C=O) groups excluding carboxylic acids is 3. The number of nitrogens with one attached hydrogen (secondary N) is 1. The minimum absolute atomic E-state index is 0.152. The van der Waals surface area contributed by atoms with E-state index in [1.54, 1.807) is 11.0 Å². The summed E-state index contributed by atoms with van der Waals surface area (Å²) < 4.78 is 0. The molecule has 0 bridgehead atoms. The van der Waals surface area contributed by atoms with Crippen LogP contribution in [-0.4, -0.2) is 60.7 Å². The van der Waals surface area contributed by atoms with Gasteiger partial charge in [0, 0.05) is 20.1 Å². The molecule has 0 aliphatic carbocycles. The van der Waals surface area contributed by atoms with Gasteiger partial charge in [-0.15, -0.1) is 0 Å². The van der Waals surface area contributed by atoms with E-state index in [1.165, 1.54) is 7.05 Å². The Balaban J connectivity index is 4.36. The Labute approximate surface area is 106 Å². The molecule has 0 saturated carbocycles. The van der Waals surface area contributed by atoms with E-state index < -0.39 is 11.8 Å². The molecule has 1 N–H and O–H groups in total. The van der Waals surface area contributed by atoms with Gasteiger partial charge in [0.25, 0.3) is 0 Å². The first kappa shape index (κ1) is 15.9. The molecule has 7 nitrogen and oxygen atoms in total. The summed E-state index contributed by atoms with van der Waals surface area (Å²) in [6, 6.07) is 1.69. The highest BCUT2D eigenvalue weighted by Crippen LogP contribution is 1.93. The van der Waals surface area contributed by atoms with Gasteiger partial charge in [0.15, 0.2) is 0 Å². The van der Waals surface area contributed by atoms with E-state index in [1.807, 2.05) is 13.8 Å². The highest BCUT2D eigenvalue weighted by Gasteiger charge is 2.21. The van der Waals surface area contributed by atoms with Gasteiger partial charge >= 0.3 is 11.8 Å². The van der Waals surface area contributed by atoms with Crippen LogP contribution in [0.3, 0.4) is 0 Å². The highest BCUT2D eigenvalue weighted by atomic mass is 16.2. The standard InChI is InChI=1S/C11H18N4O3/c1-4-15(5-2)9(16)8-14(3)11(18)10(17)13-7-6-12/h4-5,7-8H2,1-3H3,(H,13,17). The Bertz CT molecular complexity index is 358. The first-order chi connectivity index (χ1) is 8.47. The monoisotopic (exact) mass is 254 g/mol. The van der Waals surface area contributed by atoms with Gasteiger partial charge in [-0.1, -0.05) is 0 Å². The van der Waals surface area contributed by atoms with E-state index in [0.717, 1.165) is 4.90 Å². The molecule has 0 spiro atoms. The second-order valence-electron chi connectivity index (χ2n) is 3.57. The molecule has 0 unspecified atom stereocenters. The van der Waals surface area contributed by atoms with E-state index in [2.05, 4.69) is 5.32 Å². The van der Waals surface area contributed by atoms with Crippen molar-refractivity contribution in [2.75, 3.05) is 33.2 Å². The van der Waals surface area contributed by atoms with E-state index >= 15 is 0 Å². The summed E-state index contributed by atoms with van der Waals surface area (Å²) in [6.45, 7) is 4.39. The van der Waals surface area contributed by atoms with Crippen molar-refractivity contribution >= 4 is 17.7 Å². The molecule has 0 aromatic carbocycles. The lowest BCUT2D eigenvalue weighted by Crippen LogP contribution is -2.46. The van der Waals surface area contributed by atoms with Gasteiger partial charge in [-0.3, -0.25) is 14.4 Å². The summed E-state index contributed by atoms with van der Waals surface area (Å²) in [5.74, 6) is -1.93. The van der Waals surface area contributed by atoms with Crippen LogP contribution in [0.1, 0.15) is 13.8 Å². The number of hydrogen-bond donors (Lipinski definition) is 1. The average molecular weight is 254 g/mol. The third kappa shape index (κ3) is 4.82. The summed E-state index contributed by atoms with van der Waals surface area (Å²) in [4.78, 5) is 37.1. The van der Waals surface area contributed by atoms with Crippen LogP contribution in [0, 0.1) is 11.3 Å². The highest BCUT2D eigenvalue weighted by molar-refractivity contribution is 6.35. The molecule has 0 saturated heterocycles. The van der Waals surface area contributed by atoms with Crippen LogP contribution in [-0.2, 0) is 14.4 Å². The van der Waals surface area contributed by atoms with Crippen molar-refractivity contribution < 1.29 is 14.4 Å². The number of rotatable bonds is 5. The lowest BCUT2D eigenvalue weighted by atomic mass is 10.4. The largest absolute Gasteiger partial charge is 0.342 e. The third-order valence-electron chi connectivity index (χ3n) is 2.36. The zero-order chi connectivity index (χ0) is 14.1. The van der Waals surface area contributed by atoms with Gasteiger partial charge in [-0.2, -0.15) is 5.26 Å². The summed E-state index contributed by atoms with van der Waals surface area (Å²) in [7, 11) is 1.37. The van der Waals surface area contributed by atoms with Crippen LogP contribution in [0.5, 0.6) is 0 Å². The van der Waals surface area contributed by atoms with Crippen molar-refractivity contribution in [2.24, 2.45) is 0 Å². The topological polar surface area (TPSA) is 93.5 Å². The molecule has 3 amide bonds. The Hall–Kier alpha value is -2.10. The molecule has 0 atom stereocenters. The predicted molar refractivity (Wildman–Crippen MR) is 64.2 cm³/mol. The Morgan fingerprint density at radius 2 is 1.78 bits per heavy atom. The van der Waals surface area contributed by atoms with Crippen LogP contribution in [0.2, 0.25) is 0 Å². The lowest BCUT2D eigenvalue weighted by Gasteiger charge is -2.22. The molecule has 0 radical (unpaired) electrons. The zero-order valence-corrected chi connectivity index (χ0v) is 10.9. The summed E-state index contributed by atoms with van der Waals surface area (Å²) in [5.41, 5.74) is 0. The number of hydrogen-bond acceptors (Lipinski definition) is 4. The fourth-order valence-corrected chi connectivity index (χ4v) is 1.32. The minimum atomic E-state index is -0.883. The number of nitrogens with zero attached hydrogens (tertiary/aromatic N) is 3. The van der Waals surface area contributed by atoms with Crippen molar-refractivity contribution in [3.8, 4) is 6.07 Å². The van der Waals surface area contributed by atoms with E-state index in [0.29, 0.717) is 13.1 Å². The molecule has 18 heavy (non-hydrogen) atoms. The van der Waals surface area contributed by atoms with Crippen molar-refractivity contribution in [1.82, 2.24) is 15.1 Å². The number of likely N-dealkylation sites (N-methyl/N-ethyl adjacent to an activating group) is 2. The predicted octanol–water partition coefficient (Wildman–Crippen LogP) is -1.05. The second-order valence-corrected chi connectivity index (χ2v) is 3.57. The average Bonchev–Trinajstić information content (AvgIpc) is 2.36. The van der Waals surface area contributed by atoms with Crippen LogP contribution in [0.25, 0.3) is 0 Å². The first-order valence-electron chi connectivity index (χ1n) is 5.65. The lowest BCUT2D eigenvalue weighted by molar-refractivity contribution is -0.147. The van der Waals surface area contributed by atoms with Gasteiger partial charge in [0.2, 0.25) is 5.91 Å². The van der Waals surface area contributed by atoms with Gasteiger partial charge in [-0.05, 0) is 13.8 Å². The molecule has 0 aromatic rings. The van der Waals surface area contributed by atoms with Gasteiger partial charge in [-0.25, -0.2) is 0 Å². The van der Waals surface area contributed by atoms with Crippen LogP contribution in [0.15, 0.2) is 0 Å². The normalized spacial score (nSPS) is 9.22. The molecule has 0 heterocycles. The quantitative estimate of drug-likeness (QED) is 0.500. The number of carbonyl (C=O) groups is 3. The maximum atomic E-state index is 11.7. The third-order valence-corrected chi connectivity index (χ3v) is 2.36. The van der Waals surface area contributed by atoms with Gasteiger partial charge < -0.3 is 15.1 Å². The summed E-state index contributed by atoms with van der Waals surface area (Å²) in [5, 5.41) is 10.4. The van der Waals surface area contributed by atoms with Gasteiger partial charge in [0.05, 0.1) is 12.6 Å². The fraction of sp³-hybridized carbons (Fsp3) is 0.636. The Kier molecular flexibility index (Phi) is 7.12. The summed E-state index contributed by atoms with van der Waals surface area (Å²) >= 11 is 0. The molecule has 0 rings (SSSR count). The van der Waals surface area contributed by atoms with Crippen molar-refractivity contribution in [3.63, 3.8) is 0 Å². The van der Waals surface area contributed by atoms with E-state index in [4.69, 9.17) is 5.26 Å². The van der Waals surface area contributed by atoms with Crippen molar-refractivity contribution in [1.29, 1.82) is 5.26 Å². The maximum absolute atomic E-state index is 11.7. The minimum Gasteiger partial charge on any atom is -0.342 e. The number of amides is 3. The van der Waals surface area contributed by atoms with E-state index in [9.17, 15) is 14.4 Å². The molecular formula is C11H18N4O3.